The molecule has 0 heterocycles. The Morgan fingerprint density at radius 1 is 1.18 bits per heavy atom. The average molecular weight is 222 g/mol. The molecule has 0 aliphatic carbocycles. The van der Waals surface area contributed by atoms with Crippen LogP contribution in [-0.2, 0) is 25.9 Å². The standard InChI is InChI=1S/C7H16O2P.Co/c1-2-3-4-5-6-7-9-10-8;/h10H,2-7H2,1H3;/q+1;+3. The van der Waals surface area contributed by atoms with Crippen molar-refractivity contribution >= 4 is 8.69 Å². The van der Waals surface area contributed by atoms with Gasteiger partial charge in [-0.25, -0.2) is 0 Å². The molecule has 11 heavy (non-hydrogen) atoms. The van der Waals surface area contributed by atoms with Crippen LogP contribution in [0.3, 0.4) is 0 Å². The van der Waals surface area contributed by atoms with Crippen LogP contribution in [0.25, 0.3) is 0 Å². The van der Waals surface area contributed by atoms with Gasteiger partial charge in [0.15, 0.2) is 0 Å². The van der Waals surface area contributed by atoms with Gasteiger partial charge >= 0.3 is 25.5 Å². The summed E-state index contributed by atoms with van der Waals surface area (Å²) in [6.45, 7) is 2.85. The van der Waals surface area contributed by atoms with Gasteiger partial charge in [0.05, 0.1) is 0 Å². The first-order valence-electron chi connectivity index (χ1n) is 3.90. The van der Waals surface area contributed by atoms with Crippen molar-refractivity contribution in [2.45, 2.75) is 39.0 Å². The van der Waals surface area contributed by atoms with Crippen LogP contribution >= 0.6 is 8.69 Å². The summed E-state index contributed by atoms with van der Waals surface area (Å²) in [5.41, 5.74) is 0. The Morgan fingerprint density at radius 3 is 2.36 bits per heavy atom. The zero-order valence-electron chi connectivity index (χ0n) is 6.89. The summed E-state index contributed by atoms with van der Waals surface area (Å²) in [6.07, 6.45) is 6.11. The van der Waals surface area contributed by atoms with E-state index in [2.05, 4.69) is 11.4 Å². The van der Waals surface area contributed by atoms with E-state index < -0.39 is 8.69 Å². The molecule has 0 bridgehead atoms. The molecule has 0 aromatic heterocycles. The van der Waals surface area contributed by atoms with Gasteiger partial charge in [-0.05, 0) is 11.0 Å². The van der Waals surface area contributed by atoms with Crippen LogP contribution in [0.1, 0.15) is 39.0 Å². The molecule has 66 valence electrons. The van der Waals surface area contributed by atoms with Crippen molar-refractivity contribution in [3.05, 3.63) is 0 Å². The summed E-state index contributed by atoms with van der Waals surface area (Å²) in [5.74, 6) is 0. The van der Waals surface area contributed by atoms with E-state index in [1.165, 1.54) is 25.7 Å². The van der Waals surface area contributed by atoms with Crippen LogP contribution in [0.15, 0.2) is 0 Å². The van der Waals surface area contributed by atoms with Crippen molar-refractivity contribution in [1.82, 2.24) is 0 Å². The van der Waals surface area contributed by atoms with Crippen molar-refractivity contribution in [3.63, 3.8) is 0 Å². The van der Waals surface area contributed by atoms with E-state index >= 15 is 0 Å². The Morgan fingerprint density at radius 2 is 1.82 bits per heavy atom. The molecular formula is C7H16CoO2P+4. The van der Waals surface area contributed by atoms with Gasteiger partial charge in [-0.3, -0.25) is 0 Å². The minimum Gasteiger partial charge on any atom is -0.148 e. The Labute approximate surface area is 80.6 Å². The third-order valence-electron chi connectivity index (χ3n) is 1.41. The molecule has 1 atom stereocenters. The van der Waals surface area contributed by atoms with E-state index in [0.29, 0.717) is 6.61 Å². The van der Waals surface area contributed by atoms with Gasteiger partial charge in [-0.1, -0.05) is 32.6 Å². The second kappa shape index (κ2) is 13.2. The van der Waals surface area contributed by atoms with Gasteiger partial charge in [0, 0.05) is 0 Å². The molecule has 0 aliphatic rings. The molecule has 0 spiro atoms. The quantitative estimate of drug-likeness (QED) is 0.489. The minimum atomic E-state index is -0.580. The predicted molar refractivity (Wildman–Crippen MR) is 43.7 cm³/mol. The van der Waals surface area contributed by atoms with Gasteiger partial charge in [0.2, 0.25) is 0 Å². The van der Waals surface area contributed by atoms with Gasteiger partial charge in [0.1, 0.15) is 6.61 Å². The Kier molecular flexibility index (Phi) is 16.9. The van der Waals surface area contributed by atoms with Gasteiger partial charge < -0.3 is 0 Å². The van der Waals surface area contributed by atoms with E-state index in [-0.39, 0.29) is 16.8 Å². The smallest absolute Gasteiger partial charge is 0.148 e. The third kappa shape index (κ3) is 13.5. The first-order chi connectivity index (χ1) is 4.91. The molecule has 0 amide bonds. The van der Waals surface area contributed by atoms with Crippen molar-refractivity contribution in [3.8, 4) is 0 Å². The number of rotatable bonds is 7. The Balaban J connectivity index is 0. The molecule has 4 heteroatoms. The van der Waals surface area contributed by atoms with Crippen molar-refractivity contribution < 1.29 is 25.9 Å². The molecule has 0 aromatic carbocycles. The number of unbranched alkanes of at least 4 members (excludes halogenated alkanes) is 4. The van der Waals surface area contributed by atoms with Crippen LogP contribution in [0.5, 0.6) is 0 Å². The molecular weight excluding hydrogens is 206 g/mol. The SMILES string of the molecule is CCCCCCCO[PH+]=O.[Co+3]. The summed E-state index contributed by atoms with van der Waals surface area (Å²) >= 11 is 0. The summed E-state index contributed by atoms with van der Waals surface area (Å²) < 4.78 is 14.5. The molecule has 0 N–H and O–H groups in total. The zero-order valence-corrected chi connectivity index (χ0v) is 8.93. The van der Waals surface area contributed by atoms with Gasteiger partial charge in [0.25, 0.3) is 0 Å². The maximum atomic E-state index is 9.82. The van der Waals surface area contributed by atoms with Crippen molar-refractivity contribution in [2.75, 3.05) is 6.61 Å². The zero-order chi connectivity index (χ0) is 7.66. The van der Waals surface area contributed by atoms with E-state index in [1.54, 1.807) is 0 Å². The summed E-state index contributed by atoms with van der Waals surface area (Å²) in [5, 5.41) is 0. The fourth-order valence-electron chi connectivity index (χ4n) is 0.819. The molecule has 0 fully saturated rings. The number of hydrogen-bond acceptors (Lipinski definition) is 2. The Bertz CT molecular complexity index is 80.8. The molecule has 0 saturated carbocycles. The van der Waals surface area contributed by atoms with E-state index in [1.807, 2.05) is 0 Å². The first kappa shape index (κ1) is 14.1. The van der Waals surface area contributed by atoms with Crippen LogP contribution < -0.4 is 0 Å². The van der Waals surface area contributed by atoms with Gasteiger partial charge in [-0.15, -0.1) is 4.52 Å². The summed E-state index contributed by atoms with van der Waals surface area (Å²) in [4.78, 5) is 0. The summed E-state index contributed by atoms with van der Waals surface area (Å²) in [7, 11) is -0.580. The first-order valence-corrected chi connectivity index (χ1v) is 4.72. The van der Waals surface area contributed by atoms with Crippen LogP contribution in [0.2, 0.25) is 0 Å². The molecule has 0 radical (unpaired) electrons. The van der Waals surface area contributed by atoms with Crippen molar-refractivity contribution in [2.24, 2.45) is 0 Å². The molecule has 2 nitrogen and oxygen atoms in total. The predicted octanol–water partition coefficient (Wildman–Crippen LogP) is 2.91. The molecule has 0 aromatic rings. The number of hydrogen-bond donors (Lipinski definition) is 0. The normalized spacial score (nSPS) is 9.55. The van der Waals surface area contributed by atoms with Crippen molar-refractivity contribution in [1.29, 1.82) is 0 Å². The average Bonchev–Trinajstić information content (AvgIpc) is 1.97. The van der Waals surface area contributed by atoms with Gasteiger partial charge in [-0.2, -0.15) is 0 Å². The Hall–Kier alpha value is 0.566. The molecule has 1 unspecified atom stereocenters. The second-order valence-electron chi connectivity index (χ2n) is 2.35. The second-order valence-corrected chi connectivity index (χ2v) is 2.80. The van der Waals surface area contributed by atoms with E-state index in [4.69, 9.17) is 0 Å². The van der Waals surface area contributed by atoms with E-state index in [9.17, 15) is 4.57 Å². The third-order valence-corrected chi connectivity index (χ3v) is 1.73. The molecule has 0 aliphatic heterocycles. The minimum absolute atomic E-state index is 0. The monoisotopic (exact) mass is 222 g/mol. The molecule has 0 saturated heterocycles. The summed E-state index contributed by atoms with van der Waals surface area (Å²) in [6, 6.07) is 0. The van der Waals surface area contributed by atoms with Crippen LogP contribution in [-0.4, -0.2) is 6.61 Å². The topological polar surface area (TPSA) is 26.3 Å². The maximum absolute atomic E-state index is 9.82. The van der Waals surface area contributed by atoms with Crippen LogP contribution in [0.4, 0.5) is 0 Å². The largest absolute Gasteiger partial charge is 3.00 e. The van der Waals surface area contributed by atoms with E-state index in [0.717, 1.165) is 6.42 Å². The van der Waals surface area contributed by atoms with Crippen LogP contribution in [0, 0.1) is 0 Å². The molecule has 0 rings (SSSR count). The fraction of sp³-hybridized carbons (Fsp3) is 1.00. The maximum Gasteiger partial charge on any atom is 3.00 e. The fourth-order valence-corrected chi connectivity index (χ4v) is 1.05.